The van der Waals surface area contributed by atoms with E-state index in [1.807, 2.05) is 19.1 Å². The molecule has 126 valence electrons. The molecule has 4 heterocycles. The third-order valence-corrected chi connectivity index (χ3v) is 4.62. The lowest BCUT2D eigenvalue weighted by molar-refractivity contribution is -0.389. The number of rotatable bonds is 3. The Morgan fingerprint density at radius 2 is 2.29 bits per heavy atom. The first kappa shape index (κ1) is 15.3. The highest BCUT2D eigenvalue weighted by atomic mass is 35.5. The van der Waals surface area contributed by atoms with Gasteiger partial charge in [-0.3, -0.25) is 9.47 Å². The summed E-state index contributed by atoms with van der Waals surface area (Å²) in [6.07, 6.45) is 2.28. The summed E-state index contributed by atoms with van der Waals surface area (Å²) in [4.78, 5) is 20.9. The van der Waals surface area contributed by atoms with Gasteiger partial charge in [0.15, 0.2) is 0 Å². The van der Waals surface area contributed by atoms with E-state index in [2.05, 4.69) is 14.9 Å². The number of nitro groups is 1. The molecule has 1 unspecified atom stereocenters. The number of hydrogen-bond donors (Lipinski definition) is 0. The smallest absolute Gasteiger partial charge is 0.415 e. The molecule has 0 bridgehead atoms. The van der Waals surface area contributed by atoms with Gasteiger partial charge < -0.3 is 14.9 Å². The van der Waals surface area contributed by atoms with E-state index in [1.165, 1.54) is 11.8 Å². The minimum atomic E-state index is -0.508. The predicted octanol–water partition coefficient (Wildman–Crippen LogP) is 2.05. The van der Waals surface area contributed by atoms with Crippen molar-refractivity contribution in [2.24, 2.45) is 0 Å². The van der Waals surface area contributed by atoms with Crippen LogP contribution in [0.15, 0.2) is 18.3 Å². The van der Waals surface area contributed by atoms with E-state index in [1.54, 1.807) is 4.57 Å². The third-order valence-electron chi connectivity index (χ3n) is 4.41. The minimum Gasteiger partial charge on any atom is -0.436 e. The van der Waals surface area contributed by atoms with Gasteiger partial charge in [0.1, 0.15) is 17.0 Å². The van der Waals surface area contributed by atoms with Crippen molar-refractivity contribution in [3.8, 4) is 6.01 Å². The summed E-state index contributed by atoms with van der Waals surface area (Å²) in [5.41, 5.74) is 1.79. The Bertz CT molecular complexity index is 798. The Labute approximate surface area is 143 Å². The van der Waals surface area contributed by atoms with Gasteiger partial charge >= 0.3 is 11.8 Å². The fourth-order valence-corrected chi connectivity index (χ4v) is 3.58. The maximum atomic E-state index is 10.8. The van der Waals surface area contributed by atoms with E-state index in [0.29, 0.717) is 24.3 Å². The average Bonchev–Trinajstić information content (AvgIpc) is 3.02. The molecule has 4 rings (SSSR count). The topological polar surface area (TPSA) is 86.3 Å². The summed E-state index contributed by atoms with van der Waals surface area (Å²) in [6, 6.07) is 4.14. The Morgan fingerprint density at radius 3 is 3.04 bits per heavy atom. The molecule has 0 aromatic carbocycles. The van der Waals surface area contributed by atoms with Crippen LogP contribution in [0.2, 0.25) is 5.15 Å². The van der Waals surface area contributed by atoms with Crippen LogP contribution in [0.5, 0.6) is 6.01 Å². The molecule has 0 N–H and O–H groups in total. The van der Waals surface area contributed by atoms with Gasteiger partial charge in [-0.1, -0.05) is 17.7 Å². The highest BCUT2D eigenvalue weighted by Crippen LogP contribution is 2.32. The van der Waals surface area contributed by atoms with Crippen molar-refractivity contribution in [1.29, 1.82) is 0 Å². The number of aromatic nitrogens is 3. The molecule has 2 aliphatic heterocycles. The zero-order valence-electron chi connectivity index (χ0n) is 13.1. The summed E-state index contributed by atoms with van der Waals surface area (Å²) in [6.45, 7) is 4.93. The van der Waals surface area contributed by atoms with Crippen LogP contribution in [-0.2, 0) is 19.5 Å². The number of nitrogens with zero attached hydrogens (tertiary/aromatic N) is 5. The molecule has 0 fully saturated rings. The Hall–Kier alpha value is -2.19. The van der Waals surface area contributed by atoms with Crippen molar-refractivity contribution in [3.63, 3.8) is 0 Å². The van der Waals surface area contributed by atoms with Crippen LogP contribution < -0.4 is 4.74 Å². The Morgan fingerprint density at radius 1 is 1.46 bits per heavy atom. The molecule has 2 aliphatic rings. The van der Waals surface area contributed by atoms with Crippen LogP contribution in [0.3, 0.4) is 0 Å². The van der Waals surface area contributed by atoms with E-state index in [4.69, 9.17) is 16.3 Å². The van der Waals surface area contributed by atoms with Crippen LogP contribution in [0, 0.1) is 10.1 Å². The van der Waals surface area contributed by atoms with Crippen LogP contribution in [0.25, 0.3) is 0 Å². The van der Waals surface area contributed by atoms with Crippen LogP contribution in [0.1, 0.15) is 18.2 Å². The quantitative estimate of drug-likeness (QED) is 0.479. The highest BCUT2D eigenvalue weighted by Gasteiger charge is 2.41. The molecule has 24 heavy (non-hydrogen) atoms. The molecule has 0 spiro atoms. The monoisotopic (exact) mass is 349 g/mol. The maximum Gasteiger partial charge on any atom is 0.415 e. The number of halogens is 1. The van der Waals surface area contributed by atoms with Crippen molar-refractivity contribution in [1.82, 2.24) is 19.4 Å². The molecule has 1 atom stereocenters. The zero-order chi connectivity index (χ0) is 16.9. The Balaban J connectivity index is 1.45. The van der Waals surface area contributed by atoms with Gasteiger partial charge in [-0.15, -0.1) is 0 Å². The van der Waals surface area contributed by atoms with Crippen molar-refractivity contribution in [2.75, 3.05) is 13.1 Å². The number of imidazole rings is 1. The second kappa shape index (κ2) is 5.42. The van der Waals surface area contributed by atoms with Crippen molar-refractivity contribution >= 4 is 17.4 Å². The summed E-state index contributed by atoms with van der Waals surface area (Å²) in [5, 5.41) is 11.3. The molecule has 8 nitrogen and oxygen atoms in total. The minimum absolute atomic E-state index is 0.179. The SMILES string of the molecule is CC1(CN2CCc3nc(Cl)ccc3C2)Cn2cc([N+](=O)[O-])nc2O1. The lowest BCUT2D eigenvalue weighted by atomic mass is 10.0. The highest BCUT2D eigenvalue weighted by molar-refractivity contribution is 6.29. The molecule has 0 saturated carbocycles. The van der Waals surface area contributed by atoms with E-state index in [9.17, 15) is 10.1 Å². The average molecular weight is 350 g/mol. The van der Waals surface area contributed by atoms with Crippen LogP contribution in [0.4, 0.5) is 5.82 Å². The van der Waals surface area contributed by atoms with Gasteiger partial charge in [0.2, 0.25) is 0 Å². The van der Waals surface area contributed by atoms with Crippen LogP contribution in [-0.4, -0.2) is 43.0 Å². The molecule has 2 aromatic heterocycles. The van der Waals surface area contributed by atoms with E-state index in [0.717, 1.165) is 25.2 Å². The Kier molecular flexibility index (Phi) is 3.47. The van der Waals surface area contributed by atoms with Gasteiger partial charge in [-0.05, 0) is 23.5 Å². The van der Waals surface area contributed by atoms with Gasteiger partial charge in [0, 0.05) is 36.7 Å². The second-order valence-corrected chi connectivity index (χ2v) is 6.91. The van der Waals surface area contributed by atoms with Gasteiger partial charge in [-0.2, -0.15) is 0 Å². The van der Waals surface area contributed by atoms with E-state index >= 15 is 0 Å². The molecule has 0 radical (unpaired) electrons. The maximum absolute atomic E-state index is 10.8. The summed E-state index contributed by atoms with van der Waals surface area (Å²) in [7, 11) is 0. The molecule has 2 aromatic rings. The normalized spacial score (nSPS) is 22.8. The number of ether oxygens (including phenoxy) is 1. The number of fused-ring (bicyclic) bond motifs is 2. The summed E-state index contributed by atoms with van der Waals surface area (Å²) < 4.78 is 7.61. The third kappa shape index (κ3) is 2.71. The second-order valence-electron chi connectivity index (χ2n) is 6.52. The van der Waals surface area contributed by atoms with Crippen molar-refractivity contribution < 1.29 is 9.66 Å². The zero-order valence-corrected chi connectivity index (χ0v) is 13.9. The first-order valence-corrected chi connectivity index (χ1v) is 8.07. The summed E-state index contributed by atoms with van der Waals surface area (Å²) in [5.74, 6) is -0.179. The molecule has 0 amide bonds. The molecule has 0 saturated heterocycles. The first-order chi connectivity index (χ1) is 11.4. The summed E-state index contributed by atoms with van der Waals surface area (Å²) >= 11 is 5.94. The molecule has 0 aliphatic carbocycles. The van der Waals surface area contributed by atoms with Gasteiger partial charge in [-0.25, -0.2) is 4.98 Å². The van der Waals surface area contributed by atoms with Crippen molar-refractivity contribution in [2.45, 2.75) is 32.0 Å². The lowest BCUT2D eigenvalue weighted by Crippen LogP contribution is -2.46. The first-order valence-electron chi connectivity index (χ1n) is 7.69. The fraction of sp³-hybridized carbons (Fsp3) is 0.467. The largest absolute Gasteiger partial charge is 0.436 e. The van der Waals surface area contributed by atoms with E-state index in [-0.39, 0.29) is 5.82 Å². The molecular weight excluding hydrogens is 334 g/mol. The fourth-order valence-electron chi connectivity index (χ4n) is 3.42. The lowest BCUT2D eigenvalue weighted by Gasteiger charge is -2.33. The molecular formula is C15H16ClN5O3. The van der Waals surface area contributed by atoms with Gasteiger partial charge in [0.25, 0.3) is 0 Å². The predicted molar refractivity (Wildman–Crippen MR) is 86.1 cm³/mol. The van der Waals surface area contributed by atoms with Crippen molar-refractivity contribution in [3.05, 3.63) is 44.9 Å². The standard InChI is InChI=1S/C15H16ClN5O3/c1-15(9-20-7-13(21(22)23)18-14(20)24-15)8-19-5-4-11-10(6-19)2-3-12(16)17-11/h2-3,7H,4-6,8-9H2,1H3. The molecule has 9 heteroatoms. The van der Waals surface area contributed by atoms with E-state index < -0.39 is 10.5 Å². The number of hydrogen-bond acceptors (Lipinski definition) is 6. The number of pyridine rings is 1. The van der Waals surface area contributed by atoms with Gasteiger partial charge in [0.05, 0.1) is 6.54 Å². The van der Waals surface area contributed by atoms with Crippen LogP contribution >= 0.6 is 11.6 Å².